The highest BCUT2D eigenvalue weighted by Gasteiger charge is 2.35. The van der Waals surface area contributed by atoms with Gasteiger partial charge in [0, 0.05) is 10.6 Å². The second kappa shape index (κ2) is 6.81. The Balaban J connectivity index is 2.07. The molecule has 1 saturated heterocycles. The van der Waals surface area contributed by atoms with Crippen LogP contribution in [-0.4, -0.2) is 29.2 Å². The molecule has 1 aromatic rings. The van der Waals surface area contributed by atoms with Gasteiger partial charge in [-0.2, -0.15) is 0 Å². The average Bonchev–Trinajstić information content (AvgIpc) is 2.93. The van der Waals surface area contributed by atoms with E-state index in [1.54, 1.807) is 6.92 Å². The maximum atomic E-state index is 13.5. The molecule has 5 nitrogen and oxygen atoms in total. The van der Waals surface area contributed by atoms with Crippen LogP contribution >= 0.6 is 23.2 Å². The summed E-state index contributed by atoms with van der Waals surface area (Å²) in [6.07, 6.45) is -1.26. The second-order valence-corrected chi connectivity index (χ2v) is 5.80. The molecule has 1 aliphatic rings. The van der Waals surface area contributed by atoms with Crippen molar-refractivity contribution in [2.45, 2.75) is 38.0 Å². The third-order valence-corrected chi connectivity index (χ3v) is 4.17. The number of carboxylic acids is 1. The van der Waals surface area contributed by atoms with Gasteiger partial charge in [0.05, 0.1) is 11.1 Å². The summed E-state index contributed by atoms with van der Waals surface area (Å²) in [5, 5.41) is 11.5. The van der Waals surface area contributed by atoms with Gasteiger partial charge in [-0.25, -0.2) is 9.18 Å². The molecule has 1 amide bonds. The Bertz CT molecular complexity index is 611. The van der Waals surface area contributed by atoms with Gasteiger partial charge in [-0.1, -0.05) is 23.2 Å². The Labute approximate surface area is 136 Å². The van der Waals surface area contributed by atoms with Crippen molar-refractivity contribution in [2.24, 2.45) is 0 Å². The number of amides is 1. The molecule has 3 atom stereocenters. The van der Waals surface area contributed by atoms with E-state index < -0.39 is 35.9 Å². The van der Waals surface area contributed by atoms with E-state index in [2.05, 4.69) is 5.32 Å². The van der Waals surface area contributed by atoms with Crippen LogP contribution in [0.25, 0.3) is 0 Å². The van der Waals surface area contributed by atoms with Crippen LogP contribution < -0.4 is 5.32 Å². The van der Waals surface area contributed by atoms with Gasteiger partial charge < -0.3 is 15.2 Å². The van der Waals surface area contributed by atoms with Gasteiger partial charge >= 0.3 is 5.97 Å². The van der Waals surface area contributed by atoms with E-state index >= 15 is 0 Å². The van der Waals surface area contributed by atoms with E-state index in [9.17, 15) is 14.0 Å². The Morgan fingerprint density at radius 2 is 2.00 bits per heavy atom. The smallest absolute Gasteiger partial charge is 0.332 e. The lowest BCUT2D eigenvalue weighted by Gasteiger charge is -2.19. The van der Waals surface area contributed by atoms with Gasteiger partial charge in [-0.05, 0) is 31.9 Å². The topological polar surface area (TPSA) is 75.6 Å². The molecule has 8 heteroatoms. The molecule has 1 heterocycles. The summed E-state index contributed by atoms with van der Waals surface area (Å²) in [6.45, 7) is 1.61. The first-order valence-corrected chi connectivity index (χ1v) is 7.39. The van der Waals surface area contributed by atoms with Crippen LogP contribution in [0.5, 0.6) is 0 Å². The van der Waals surface area contributed by atoms with Crippen molar-refractivity contribution >= 4 is 35.1 Å². The van der Waals surface area contributed by atoms with Crippen LogP contribution in [0.15, 0.2) is 12.1 Å². The molecule has 1 fully saturated rings. The standard InChI is InChI=1S/C14H14Cl2FNO4/c1-6(11-7(15)2-3-8(17)12(11)16)18-13(19)9-4-5-10(22-9)14(20)21/h2-3,6,9-10H,4-5H2,1H3,(H,18,19)(H,20,21)/t6?,9-,10+/m0/s1. The maximum Gasteiger partial charge on any atom is 0.332 e. The molecular weight excluding hydrogens is 336 g/mol. The fourth-order valence-electron chi connectivity index (χ4n) is 2.33. The summed E-state index contributed by atoms with van der Waals surface area (Å²) in [4.78, 5) is 22.9. The number of hydrogen-bond donors (Lipinski definition) is 2. The number of aliphatic carboxylic acids is 1. The van der Waals surface area contributed by atoms with E-state index in [0.717, 1.165) is 6.07 Å². The van der Waals surface area contributed by atoms with Gasteiger partial charge in [-0.15, -0.1) is 0 Å². The van der Waals surface area contributed by atoms with Crippen LogP contribution in [0.1, 0.15) is 31.4 Å². The van der Waals surface area contributed by atoms with Crippen molar-refractivity contribution < 1.29 is 23.8 Å². The lowest BCUT2D eigenvalue weighted by Crippen LogP contribution is -2.37. The lowest BCUT2D eigenvalue weighted by molar-refractivity contribution is -0.151. The SMILES string of the molecule is CC(NC(=O)[C@@H]1CC[C@H](C(=O)O)O1)c1c(Cl)ccc(F)c1Cl. The van der Waals surface area contributed by atoms with Gasteiger partial charge in [0.25, 0.3) is 0 Å². The Morgan fingerprint density at radius 1 is 1.36 bits per heavy atom. The number of ether oxygens (including phenoxy) is 1. The maximum absolute atomic E-state index is 13.5. The van der Waals surface area contributed by atoms with E-state index in [4.69, 9.17) is 33.0 Å². The van der Waals surface area contributed by atoms with Gasteiger partial charge in [0.1, 0.15) is 11.9 Å². The number of hydrogen-bond acceptors (Lipinski definition) is 3. The summed E-state index contributed by atoms with van der Waals surface area (Å²) < 4.78 is 18.7. The highest BCUT2D eigenvalue weighted by atomic mass is 35.5. The summed E-state index contributed by atoms with van der Waals surface area (Å²) in [5.41, 5.74) is 0.268. The van der Waals surface area contributed by atoms with Gasteiger partial charge in [-0.3, -0.25) is 4.79 Å². The van der Waals surface area contributed by atoms with Gasteiger partial charge in [0.15, 0.2) is 6.10 Å². The molecule has 120 valence electrons. The zero-order valence-corrected chi connectivity index (χ0v) is 13.1. The Hall–Kier alpha value is -1.37. The molecule has 1 unspecified atom stereocenters. The number of halogens is 3. The van der Waals surface area contributed by atoms with Crippen molar-refractivity contribution in [2.75, 3.05) is 0 Å². The molecule has 0 radical (unpaired) electrons. The van der Waals surface area contributed by atoms with Crippen LogP contribution in [-0.2, 0) is 14.3 Å². The molecule has 2 N–H and O–H groups in total. The predicted octanol–water partition coefficient (Wildman–Crippen LogP) is 2.94. The molecule has 2 rings (SSSR count). The minimum atomic E-state index is -1.10. The van der Waals surface area contributed by atoms with E-state index in [-0.39, 0.29) is 22.0 Å². The molecule has 0 aliphatic carbocycles. The summed E-state index contributed by atoms with van der Waals surface area (Å²) in [6, 6.07) is 1.85. The molecule has 22 heavy (non-hydrogen) atoms. The fraction of sp³-hybridized carbons (Fsp3) is 0.429. The van der Waals surface area contributed by atoms with Crippen LogP contribution in [0, 0.1) is 5.82 Å². The molecule has 0 spiro atoms. The third kappa shape index (κ3) is 3.51. The first-order chi connectivity index (χ1) is 10.3. The Kier molecular flexibility index (Phi) is 5.26. The highest BCUT2D eigenvalue weighted by Crippen LogP contribution is 2.32. The summed E-state index contributed by atoms with van der Waals surface area (Å²) in [7, 11) is 0. The highest BCUT2D eigenvalue weighted by molar-refractivity contribution is 6.36. The van der Waals surface area contributed by atoms with Crippen LogP contribution in [0.3, 0.4) is 0 Å². The van der Waals surface area contributed by atoms with Crippen molar-refractivity contribution in [3.63, 3.8) is 0 Å². The summed E-state index contributed by atoms with van der Waals surface area (Å²) in [5.74, 6) is -2.21. The number of carboxylic acid groups (broad SMARTS) is 1. The van der Waals surface area contributed by atoms with E-state index in [1.165, 1.54) is 6.07 Å². The molecule has 0 bridgehead atoms. The number of rotatable bonds is 4. The van der Waals surface area contributed by atoms with Crippen LogP contribution in [0.4, 0.5) is 4.39 Å². The molecular formula is C14H14Cl2FNO4. The zero-order valence-electron chi connectivity index (χ0n) is 11.6. The number of carbonyl (C=O) groups is 2. The lowest BCUT2D eigenvalue weighted by atomic mass is 10.1. The third-order valence-electron chi connectivity index (χ3n) is 3.46. The zero-order chi connectivity index (χ0) is 16.4. The number of benzene rings is 1. The van der Waals surface area contributed by atoms with E-state index in [1.807, 2.05) is 0 Å². The van der Waals surface area contributed by atoms with Crippen molar-refractivity contribution in [3.8, 4) is 0 Å². The monoisotopic (exact) mass is 349 g/mol. The second-order valence-electron chi connectivity index (χ2n) is 5.02. The van der Waals surface area contributed by atoms with Gasteiger partial charge in [0.2, 0.25) is 5.91 Å². The molecule has 1 aromatic carbocycles. The van der Waals surface area contributed by atoms with Crippen molar-refractivity contribution in [1.29, 1.82) is 0 Å². The van der Waals surface area contributed by atoms with Crippen molar-refractivity contribution in [3.05, 3.63) is 33.6 Å². The van der Waals surface area contributed by atoms with E-state index in [0.29, 0.717) is 6.42 Å². The molecule has 1 aliphatic heterocycles. The normalized spacial score (nSPS) is 22.4. The first-order valence-electron chi connectivity index (χ1n) is 6.63. The van der Waals surface area contributed by atoms with Crippen molar-refractivity contribution in [1.82, 2.24) is 5.32 Å². The number of carbonyl (C=O) groups excluding carboxylic acids is 1. The predicted molar refractivity (Wildman–Crippen MR) is 78.5 cm³/mol. The Morgan fingerprint density at radius 3 is 2.59 bits per heavy atom. The molecule has 0 saturated carbocycles. The minimum Gasteiger partial charge on any atom is -0.479 e. The molecule has 0 aromatic heterocycles. The minimum absolute atomic E-state index is 0.156. The first kappa shape index (κ1) is 17.0. The fourth-order valence-corrected chi connectivity index (χ4v) is 3.03. The average molecular weight is 350 g/mol. The largest absolute Gasteiger partial charge is 0.479 e. The summed E-state index contributed by atoms with van der Waals surface area (Å²) >= 11 is 11.9. The number of nitrogens with one attached hydrogen (secondary N) is 1. The quantitative estimate of drug-likeness (QED) is 0.819. The van der Waals surface area contributed by atoms with Crippen LogP contribution in [0.2, 0.25) is 10.0 Å².